The van der Waals surface area contributed by atoms with E-state index in [1.54, 1.807) is 0 Å². The summed E-state index contributed by atoms with van der Waals surface area (Å²) < 4.78 is 13.1. The summed E-state index contributed by atoms with van der Waals surface area (Å²) in [5.41, 5.74) is 1.15. The van der Waals surface area contributed by atoms with Gasteiger partial charge in [0.25, 0.3) is 5.56 Å². The molecule has 0 saturated heterocycles. The molecule has 0 saturated carbocycles. The second-order valence-electron chi connectivity index (χ2n) is 7.14. The molecule has 3 aromatic rings. The van der Waals surface area contributed by atoms with Gasteiger partial charge >= 0.3 is 0 Å². The fraction of sp³-hybridized carbons (Fsp3) is 0.182. The molecule has 2 heterocycles. The molecule has 2 aromatic carbocycles. The summed E-state index contributed by atoms with van der Waals surface area (Å²) in [5.74, 6) is -2.03. The Labute approximate surface area is 176 Å². The Balaban J connectivity index is 1.51. The molecular formula is C22H20FN5O3. The number of rotatable bonds is 6. The first-order valence-electron chi connectivity index (χ1n) is 9.78. The van der Waals surface area contributed by atoms with Crippen molar-refractivity contribution in [3.63, 3.8) is 0 Å². The minimum absolute atomic E-state index is 0.0350. The van der Waals surface area contributed by atoms with Crippen molar-refractivity contribution >= 4 is 29.3 Å². The number of nitrogens with one attached hydrogen (secondary N) is 4. The summed E-state index contributed by atoms with van der Waals surface area (Å²) >= 11 is 0. The van der Waals surface area contributed by atoms with Crippen LogP contribution in [-0.2, 0) is 16.0 Å². The molecule has 0 spiro atoms. The normalized spacial score (nSPS) is 15.0. The largest absolute Gasteiger partial charge is 0.355 e. The third-order valence-corrected chi connectivity index (χ3v) is 4.93. The number of fused-ring (bicyclic) bond motifs is 1. The molecular weight excluding hydrogens is 401 g/mol. The predicted molar refractivity (Wildman–Crippen MR) is 114 cm³/mol. The van der Waals surface area contributed by atoms with E-state index in [-0.39, 0.29) is 23.8 Å². The van der Waals surface area contributed by atoms with Crippen molar-refractivity contribution in [1.29, 1.82) is 0 Å². The molecule has 1 aromatic heterocycles. The topological polar surface area (TPSA) is 116 Å². The lowest BCUT2D eigenvalue weighted by Crippen LogP contribution is -2.39. The van der Waals surface area contributed by atoms with Gasteiger partial charge in [0, 0.05) is 18.7 Å². The molecule has 158 valence electrons. The van der Waals surface area contributed by atoms with Crippen LogP contribution in [0, 0.1) is 5.82 Å². The molecule has 1 aliphatic rings. The quantitative estimate of drug-likeness (QED) is 0.488. The lowest BCUT2D eigenvalue weighted by Gasteiger charge is -2.23. The maximum Gasteiger partial charge on any atom is 0.258 e. The van der Waals surface area contributed by atoms with E-state index in [0.29, 0.717) is 18.7 Å². The van der Waals surface area contributed by atoms with Crippen molar-refractivity contribution in [3.05, 3.63) is 81.9 Å². The third kappa shape index (κ3) is 4.77. The van der Waals surface area contributed by atoms with Crippen LogP contribution in [0.25, 0.3) is 0 Å². The van der Waals surface area contributed by atoms with E-state index < -0.39 is 29.1 Å². The van der Waals surface area contributed by atoms with Gasteiger partial charge < -0.3 is 16.0 Å². The zero-order chi connectivity index (χ0) is 21.8. The molecule has 4 rings (SSSR count). The van der Waals surface area contributed by atoms with Crippen LogP contribution in [0.4, 0.5) is 21.8 Å². The van der Waals surface area contributed by atoms with Gasteiger partial charge in [0.15, 0.2) is 0 Å². The summed E-state index contributed by atoms with van der Waals surface area (Å²) in [6.07, 6.45) is 0.493. The van der Waals surface area contributed by atoms with Gasteiger partial charge in [-0.05, 0) is 36.2 Å². The molecule has 1 aliphatic heterocycles. The zero-order valence-corrected chi connectivity index (χ0v) is 16.4. The standard InChI is InChI=1S/C22H20FN5O3/c23-14-6-8-15(9-7-14)25-22-27-19-18(21(31)28-22)16(12-17(29)26-19)20(30)24-11-10-13-4-2-1-3-5-13/h1-9,16H,10-12H2,(H,24,30)(H3,25,26,27,28,29,31)/t16-/m1/s1. The number of benzene rings is 2. The Morgan fingerprint density at radius 2 is 1.84 bits per heavy atom. The fourth-order valence-electron chi connectivity index (χ4n) is 3.42. The molecule has 1 atom stereocenters. The lowest BCUT2D eigenvalue weighted by molar-refractivity contribution is -0.126. The van der Waals surface area contributed by atoms with Crippen LogP contribution in [-0.4, -0.2) is 28.3 Å². The second kappa shape index (κ2) is 8.78. The Kier molecular flexibility index (Phi) is 5.74. The third-order valence-electron chi connectivity index (χ3n) is 4.93. The SMILES string of the molecule is O=C1C[C@@H](C(=O)NCCc2ccccc2)c2c(nc(Nc3ccc(F)cc3)[nH]c2=O)N1. The maximum atomic E-state index is 13.1. The van der Waals surface area contributed by atoms with E-state index in [4.69, 9.17) is 0 Å². The number of hydrogen-bond acceptors (Lipinski definition) is 5. The van der Waals surface area contributed by atoms with Crippen LogP contribution in [0.15, 0.2) is 59.4 Å². The number of hydrogen-bond donors (Lipinski definition) is 4. The van der Waals surface area contributed by atoms with Crippen molar-refractivity contribution in [1.82, 2.24) is 15.3 Å². The number of aromatic nitrogens is 2. The number of halogens is 1. The number of carbonyl (C=O) groups excluding carboxylic acids is 2. The first-order valence-corrected chi connectivity index (χ1v) is 9.78. The Hall–Kier alpha value is -4.01. The molecule has 8 nitrogen and oxygen atoms in total. The van der Waals surface area contributed by atoms with Gasteiger partial charge in [-0.1, -0.05) is 30.3 Å². The molecule has 0 fully saturated rings. The first-order chi connectivity index (χ1) is 15.0. The highest BCUT2D eigenvalue weighted by Crippen LogP contribution is 2.29. The summed E-state index contributed by atoms with van der Waals surface area (Å²) in [5, 5.41) is 8.20. The van der Waals surface area contributed by atoms with E-state index in [1.807, 2.05) is 30.3 Å². The molecule has 0 radical (unpaired) electrons. The maximum absolute atomic E-state index is 13.1. The molecule has 0 unspecified atom stereocenters. The predicted octanol–water partition coefficient (Wildman–Crippen LogP) is 2.44. The van der Waals surface area contributed by atoms with Crippen LogP contribution in [0.1, 0.15) is 23.5 Å². The highest BCUT2D eigenvalue weighted by Gasteiger charge is 2.34. The Morgan fingerprint density at radius 3 is 2.58 bits per heavy atom. The van der Waals surface area contributed by atoms with Crippen LogP contribution < -0.4 is 21.5 Å². The van der Waals surface area contributed by atoms with Crippen LogP contribution in [0.2, 0.25) is 0 Å². The van der Waals surface area contributed by atoms with Gasteiger partial charge in [0.05, 0.1) is 11.5 Å². The second-order valence-corrected chi connectivity index (χ2v) is 7.14. The smallest absolute Gasteiger partial charge is 0.258 e. The van der Waals surface area contributed by atoms with Crippen LogP contribution in [0.5, 0.6) is 0 Å². The average Bonchev–Trinajstić information content (AvgIpc) is 2.75. The van der Waals surface area contributed by atoms with Gasteiger partial charge in [0.1, 0.15) is 11.6 Å². The van der Waals surface area contributed by atoms with Crippen LogP contribution in [0.3, 0.4) is 0 Å². The Morgan fingerprint density at radius 1 is 1.10 bits per heavy atom. The van der Waals surface area contributed by atoms with Crippen molar-refractivity contribution in [3.8, 4) is 0 Å². The molecule has 0 aliphatic carbocycles. The van der Waals surface area contributed by atoms with Crippen molar-refractivity contribution in [2.75, 3.05) is 17.2 Å². The van der Waals surface area contributed by atoms with Gasteiger partial charge in [-0.3, -0.25) is 19.4 Å². The fourth-order valence-corrected chi connectivity index (χ4v) is 3.42. The van der Waals surface area contributed by atoms with E-state index in [1.165, 1.54) is 24.3 Å². The molecule has 0 bridgehead atoms. The summed E-state index contributed by atoms with van der Waals surface area (Å²) in [6, 6.07) is 15.2. The van der Waals surface area contributed by atoms with Gasteiger partial charge in [-0.25, -0.2) is 4.39 Å². The Bertz CT molecular complexity index is 1160. The van der Waals surface area contributed by atoms with Crippen molar-refractivity contribution in [2.24, 2.45) is 0 Å². The first kappa shape index (κ1) is 20.3. The number of amides is 2. The number of H-pyrrole nitrogens is 1. The minimum atomic E-state index is -0.935. The summed E-state index contributed by atoms with van der Waals surface area (Å²) in [7, 11) is 0. The highest BCUT2D eigenvalue weighted by atomic mass is 19.1. The number of anilines is 3. The summed E-state index contributed by atoms with van der Waals surface area (Å²) in [4.78, 5) is 44.4. The van der Waals surface area contributed by atoms with E-state index in [0.717, 1.165) is 5.56 Å². The van der Waals surface area contributed by atoms with Crippen LogP contribution >= 0.6 is 0 Å². The molecule has 9 heteroatoms. The van der Waals surface area contributed by atoms with E-state index >= 15 is 0 Å². The zero-order valence-electron chi connectivity index (χ0n) is 16.4. The van der Waals surface area contributed by atoms with Gasteiger partial charge in [0.2, 0.25) is 17.8 Å². The minimum Gasteiger partial charge on any atom is -0.355 e. The molecule has 31 heavy (non-hydrogen) atoms. The molecule has 2 amide bonds. The number of nitrogens with zero attached hydrogens (tertiary/aromatic N) is 1. The average molecular weight is 421 g/mol. The van der Waals surface area contributed by atoms with Gasteiger partial charge in [-0.15, -0.1) is 0 Å². The highest BCUT2D eigenvalue weighted by molar-refractivity contribution is 6.00. The van der Waals surface area contributed by atoms with Crippen molar-refractivity contribution < 1.29 is 14.0 Å². The lowest BCUT2D eigenvalue weighted by atomic mass is 9.92. The number of carbonyl (C=O) groups is 2. The van der Waals surface area contributed by atoms with Crippen molar-refractivity contribution in [2.45, 2.75) is 18.8 Å². The monoisotopic (exact) mass is 421 g/mol. The van der Waals surface area contributed by atoms with Gasteiger partial charge in [-0.2, -0.15) is 4.98 Å². The molecule has 4 N–H and O–H groups in total. The number of aromatic amines is 1. The van der Waals surface area contributed by atoms with E-state index in [2.05, 4.69) is 25.9 Å². The summed E-state index contributed by atoms with van der Waals surface area (Å²) in [6.45, 7) is 0.381. The van der Waals surface area contributed by atoms with E-state index in [9.17, 15) is 18.8 Å².